The summed E-state index contributed by atoms with van der Waals surface area (Å²) in [6.07, 6.45) is 1.64. The Kier molecular flexibility index (Phi) is 5.26. The Morgan fingerprint density at radius 1 is 1.18 bits per heavy atom. The first-order chi connectivity index (χ1) is 16.0. The zero-order valence-corrected chi connectivity index (χ0v) is 17.6. The number of non-ortho nitro benzene ring substituents is 1. The lowest BCUT2D eigenvalue weighted by Crippen LogP contribution is -2.33. The maximum absolute atomic E-state index is 13.5. The van der Waals surface area contributed by atoms with Gasteiger partial charge in [0.1, 0.15) is 23.9 Å². The fourth-order valence-corrected chi connectivity index (χ4v) is 4.11. The molecular formula is C25H20FN3O4. The molecule has 7 nitrogen and oxygen atoms in total. The standard InChI is InChI=1S/C25H20FN3O4/c1-2-13-32-20-10-5-16(6-11-20)22-15-23-21-14-19(29(30)31)9-12-24(21)33-25(28(23)27-22)17-3-7-18(26)8-4-17/h2-12,14,23,25H,1,13,15H2/t23-,25+/m1/s1. The highest BCUT2D eigenvalue weighted by Crippen LogP contribution is 2.48. The Morgan fingerprint density at radius 2 is 1.94 bits per heavy atom. The number of nitro benzene ring substituents is 1. The SMILES string of the molecule is C=CCOc1ccc(C2=NN3[C@H](C2)c2cc([N+](=O)[O-])ccc2O[C@H]3c2ccc(F)cc2)cc1. The number of halogens is 1. The van der Waals surface area contributed by atoms with Crippen LogP contribution in [-0.4, -0.2) is 22.3 Å². The minimum Gasteiger partial charge on any atom is -0.490 e. The molecule has 0 amide bonds. The van der Waals surface area contributed by atoms with Crippen LogP contribution in [0.4, 0.5) is 10.1 Å². The van der Waals surface area contributed by atoms with Crippen molar-refractivity contribution in [3.05, 3.63) is 112 Å². The molecule has 0 aromatic heterocycles. The van der Waals surface area contributed by atoms with Crippen LogP contribution in [0.15, 0.2) is 84.5 Å². The quantitative estimate of drug-likeness (QED) is 0.283. The van der Waals surface area contributed by atoms with Gasteiger partial charge in [-0.3, -0.25) is 10.1 Å². The Labute approximate surface area is 189 Å². The van der Waals surface area contributed by atoms with Gasteiger partial charge in [0.2, 0.25) is 6.23 Å². The Balaban J connectivity index is 1.53. The number of rotatable bonds is 6. The second-order valence-corrected chi connectivity index (χ2v) is 7.77. The highest BCUT2D eigenvalue weighted by Gasteiger charge is 2.41. The molecule has 33 heavy (non-hydrogen) atoms. The van der Waals surface area contributed by atoms with E-state index < -0.39 is 11.2 Å². The van der Waals surface area contributed by atoms with Gasteiger partial charge in [-0.25, -0.2) is 9.40 Å². The van der Waals surface area contributed by atoms with E-state index in [1.165, 1.54) is 18.2 Å². The van der Waals surface area contributed by atoms with Crippen molar-refractivity contribution >= 4 is 11.4 Å². The number of nitrogens with zero attached hydrogens (tertiary/aromatic N) is 3. The third kappa shape index (κ3) is 3.91. The van der Waals surface area contributed by atoms with Gasteiger partial charge in [0, 0.05) is 29.7 Å². The smallest absolute Gasteiger partial charge is 0.270 e. The molecule has 2 aliphatic heterocycles. The molecule has 2 aliphatic rings. The summed E-state index contributed by atoms with van der Waals surface area (Å²) in [6, 6.07) is 18.0. The normalized spacial score (nSPS) is 18.6. The van der Waals surface area contributed by atoms with Crippen LogP contribution in [0.25, 0.3) is 0 Å². The van der Waals surface area contributed by atoms with Crippen LogP contribution in [0.1, 0.15) is 35.4 Å². The van der Waals surface area contributed by atoms with Gasteiger partial charge < -0.3 is 9.47 Å². The van der Waals surface area contributed by atoms with Gasteiger partial charge >= 0.3 is 0 Å². The zero-order chi connectivity index (χ0) is 22.9. The highest BCUT2D eigenvalue weighted by molar-refractivity contribution is 6.02. The maximum atomic E-state index is 13.5. The van der Waals surface area contributed by atoms with Crippen molar-refractivity contribution in [2.45, 2.75) is 18.7 Å². The van der Waals surface area contributed by atoms with Crippen molar-refractivity contribution in [2.75, 3.05) is 6.61 Å². The maximum Gasteiger partial charge on any atom is 0.270 e. The molecular weight excluding hydrogens is 425 g/mol. The number of hydrogen-bond acceptors (Lipinski definition) is 6. The second kappa shape index (κ2) is 8.38. The molecule has 0 saturated carbocycles. The van der Waals surface area contributed by atoms with E-state index in [2.05, 4.69) is 6.58 Å². The van der Waals surface area contributed by atoms with Crippen LogP contribution in [0.2, 0.25) is 0 Å². The molecule has 0 fully saturated rings. The van der Waals surface area contributed by atoms with E-state index in [-0.39, 0.29) is 17.5 Å². The molecule has 0 spiro atoms. The first-order valence-electron chi connectivity index (χ1n) is 10.4. The van der Waals surface area contributed by atoms with E-state index in [1.54, 1.807) is 35.4 Å². The molecule has 166 valence electrons. The predicted octanol–water partition coefficient (Wildman–Crippen LogP) is 5.54. The first kappa shape index (κ1) is 20.7. The van der Waals surface area contributed by atoms with E-state index in [0.717, 1.165) is 22.6 Å². The molecule has 8 heteroatoms. The molecule has 2 heterocycles. The molecule has 0 saturated heterocycles. The predicted molar refractivity (Wildman–Crippen MR) is 121 cm³/mol. The fraction of sp³-hybridized carbons (Fsp3) is 0.160. The van der Waals surface area contributed by atoms with Gasteiger partial charge in [-0.05, 0) is 48.0 Å². The van der Waals surface area contributed by atoms with Crippen LogP contribution < -0.4 is 9.47 Å². The molecule has 0 unspecified atom stereocenters. The molecule has 3 aromatic rings. The molecule has 0 aliphatic carbocycles. The van der Waals surface area contributed by atoms with Crippen molar-refractivity contribution in [3.8, 4) is 11.5 Å². The highest BCUT2D eigenvalue weighted by atomic mass is 19.1. The molecule has 0 N–H and O–H groups in total. The van der Waals surface area contributed by atoms with Crippen molar-refractivity contribution in [1.82, 2.24) is 5.01 Å². The summed E-state index contributed by atoms with van der Waals surface area (Å²) >= 11 is 0. The summed E-state index contributed by atoms with van der Waals surface area (Å²) in [7, 11) is 0. The number of ether oxygens (including phenoxy) is 2. The van der Waals surface area contributed by atoms with Crippen LogP contribution in [0.3, 0.4) is 0 Å². The lowest BCUT2D eigenvalue weighted by Gasteiger charge is -2.38. The summed E-state index contributed by atoms with van der Waals surface area (Å²) in [6.45, 7) is 4.06. The minimum absolute atomic E-state index is 0.00491. The van der Waals surface area contributed by atoms with E-state index in [4.69, 9.17) is 14.6 Å². The molecule has 2 atom stereocenters. The average molecular weight is 445 g/mol. The number of fused-ring (bicyclic) bond motifs is 3. The van der Waals surface area contributed by atoms with Crippen LogP contribution in [0, 0.1) is 15.9 Å². The lowest BCUT2D eigenvalue weighted by molar-refractivity contribution is -0.385. The average Bonchev–Trinajstić information content (AvgIpc) is 3.28. The second-order valence-electron chi connectivity index (χ2n) is 7.77. The van der Waals surface area contributed by atoms with Gasteiger partial charge in [0.25, 0.3) is 5.69 Å². The zero-order valence-electron chi connectivity index (χ0n) is 17.6. The molecule has 3 aromatic carbocycles. The Bertz CT molecular complexity index is 1240. The van der Waals surface area contributed by atoms with Crippen LogP contribution >= 0.6 is 0 Å². The molecule has 5 rings (SSSR count). The first-order valence-corrected chi connectivity index (χ1v) is 10.4. The summed E-state index contributed by atoms with van der Waals surface area (Å²) in [5, 5.41) is 18.0. The number of hydrogen-bond donors (Lipinski definition) is 0. The summed E-state index contributed by atoms with van der Waals surface area (Å²) in [4.78, 5) is 10.9. The van der Waals surface area contributed by atoms with E-state index >= 15 is 0 Å². The van der Waals surface area contributed by atoms with Gasteiger partial charge in [0.05, 0.1) is 16.7 Å². The summed E-state index contributed by atoms with van der Waals surface area (Å²) < 4.78 is 25.3. The van der Waals surface area contributed by atoms with E-state index in [1.807, 2.05) is 24.3 Å². The van der Waals surface area contributed by atoms with Gasteiger partial charge in [-0.2, -0.15) is 5.10 Å². The van der Waals surface area contributed by atoms with Crippen LogP contribution in [-0.2, 0) is 0 Å². The molecule has 0 bridgehead atoms. The van der Waals surface area contributed by atoms with Crippen molar-refractivity contribution in [2.24, 2.45) is 5.10 Å². The monoisotopic (exact) mass is 445 g/mol. The van der Waals surface area contributed by atoms with Crippen molar-refractivity contribution in [3.63, 3.8) is 0 Å². The van der Waals surface area contributed by atoms with Gasteiger partial charge in [0.15, 0.2) is 0 Å². The Hall–Kier alpha value is -4.20. The number of nitro groups is 1. The molecule has 0 radical (unpaired) electrons. The van der Waals surface area contributed by atoms with E-state index in [9.17, 15) is 14.5 Å². The third-order valence-corrected chi connectivity index (χ3v) is 5.69. The fourth-order valence-electron chi connectivity index (χ4n) is 4.11. The van der Waals surface area contributed by atoms with Crippen LogP contribution in [0.5, 0.6) is 11.5 Å². The number of hydrazone groups is 1. The lowest BCUT2D eigenvalue weighted by atomic mass is 9.95. The number of benzene rings is 3. The minimum atomic E-state index is -0.586. The summed E-state index contributed by atoms with van der Waals surface area (Å²) in [5.74, 6) is 0.941. The van der Waals surface area contributed by atoms with E-state index in [0.29, 0.717) is 24.3 Å². The third-order valence-electron chi connectivity index (χ3n) is 5.69. The largest absolute Gasteiger partial charge is 0.490 e. The Morgan fingerprint density at radius 3 is 2.64 bits per heavy atom. The van der Waals surface area contributed by atoms with Crippen molar-refractivity contribution < 1.29 is 18.8 Å². The van der Waals surface area contributed by atoms with Gasteiger partial charge in [-0.15, -0.1) is 0 Å². The summed E-state index contributed by atoms with van der Waals surface area (Å²) in [5.41, 5.74) is 3.18. The topological polar surface area (TPSA) is 77.2 Å². The van der Waals surface area contributed by atoms with Gasteiger partial charge in [-0.1, -0.05) is 24.8 Å². The van der Waals surface area contributed by atoms with Crippen molar-refractivity contribution in [1.29, 1.82) is 0 Å².